The minimum absolute atomic E-state index is 0.334. The van der Waals surface area contributed by atoms with Crippen LogP contribution in [0.2, 0.25) is 5.02 Å². The second-order valence-electron chi connectivity index (χ2n) is 6.30. The van der Waals surface area contributed by atoms with E-state index >= 15 is 0 Å². The molecule has 0 heterocycles. The highest BCUT2D eigenvalue weighted by molar-refractivity contribution is 6.30. The SMILES string of the molecule is COc1ccc(NC(c2ccc(Cl)cc2)C2CCCCC2)cc1. The summed E-state index contributed by atoms with van der Waals surface area (Å²) < 4.78 is 5.25. The highest BCUT2D eigenvalue weighted by Gasteiger charge is 2.25. The zero-order chi connectivity index (χ0) is 16.1. The van der Waals surface area contributed by atoms with Gasteiger partial charge in [-0.3, -0.25) is 0 Å². The molecule has 0 aliphatic heterocycles. The van der Waals surface area contributed by atoms with Crippen molar-refractivity contribution < 1.29 is 4.74 Å². The first kappa shape index (κ1) is 16.2. The summed E-state index contributed by atoms with van der Waals surface area (Å²) in [7, 11) is 1.70. The Hall–Kier alpha value is -1.67. The maximum absolute atomic E-state index is 6.06. The minimum Gasteiger partial charge on any atom is -0.497 e. The number of ether oxygens (including phenoxy) is 1. The Labute approximate surface area is 143 Å². The number of rotatable bonds is 5. The third-order valence-corrected chi connectivity index (χ3v) is 5.01. The van der Waals surface area contributed by atoms with Gasteiger partial charge in [0.2, 0.25) is 0 Å². The molecular formula is C20H24ClNO. The molecule has 1 N–H and O–H groups in total. The Morgan fingerprint density at radius 1 is 0.957 bits per heavy atom. The van der Waals surface area contributed by atoms with Crippen LogP contribution in [0.3, 0.4) is 0 Å². The average molecular weight is 330 g/mol. The van der Waals surface area contributed by atoms with Gasteiger partial charge in [0.15, 0.2) is 0 Å². The Morgan fingerprint density at radius 2 is 1.61 bits per heavy atom. The van der Waals surface area contributed by atoms with Gasteiger partial charge in [-0.2, -0.15) is 0 Å². The van der Waals surface area contributed by atoms with Crippen molar-refractivity contribution in [1.29, 1.82) is 0 Å². The van der Waals surface area contributed by atoms with Gasteiger partial charge in [-0.1, -0.05) is 43.0 Å². The van der Waals surface area contributed by atoms with Crippen LogP contribution < -0.4 is 10.1 Å². The number of methoxy groups -OCH3 is 1. The lowest BCUT2D eigenvalue weighted by molar-refractivity contribution is 0.321. The summed E-state index contributed by atoms with van der Waals surface area (Å²) in [5.41, 5.74) is 2.45. The predicted octanol–water partition coefficient (Wildman–Crippen LogP) is 6.08. The molecule has 0 radical (unpaired) electrons. The third-order valence-electron chi connectivity index (χ3n) is 4.76. The lowest BCUT2D eigenvalue weighted by Crippen LogP contribution is -2.23. The highest BCUT2D eigenvalue weighted by atomic mass is 35.5. The van der Waals surface area contributed by atoms with E-state index in [0.29, 0.717) is 12.0 Å². The van der Waals surface area contributed by atoms with Crippen molar-refractivity contribution in [2.24, 2.45) is 5.92 Å². The van der Waals surface area contributed by atoms with Crippen LogP contribution in [-0.2, 0) is 0 Å². The summed E-state index contributed by atoms with van der Waals surface area (Å²) in [6.07, 6.45) is 6.61. The van der Waals surface area contributed by atoms with Crippen LogP contribution >= 0.6 is 11.6 Å². The molecule has 1 saturated carbocycles. The van der Waals surface area contributed by atoms with Crippen LogP contribution in [0.15, 0.2) is 48.5 Å². The van der Waals surface area contributed by atoms with Crippen molar-refractivity contribution >= 4 is 17.3 Å². The molecule has 2 aromatic carbocycles. The topological polar surface area (TPSA) is 21.3 Å². The highest BCUT2D eigenvalue weighted by Crippen LogP contribution is 2.37. The first-order valence-electron chi connectivity index (χ1n) is 8.42. The lowest BCUT2D eigenvalue weighted by Gasteiger charge is -2.32. The van der Waals surface area contributed by atoms with Crippen LogP contribution in [0.25, 0.3) is 0 Å². The van der Waals surface area contributed by atoms with Crippen molar-refractivity contribution in [3.8, 4) is 5.75 Å². The van der Waals surface area contributed by atoms with Crippen molar-refractivity contribution in [3.63, 3.8) is 0 Å². The summed E-state index contributed by atoms with van der Waals surface area (Å²) in [6, 6.07) is 16.8. The molecule has 1 fully saturated rings. The summed E-state index contributed by atoms with van der Waals surface area (Å²) in [5.74, 6) is 1.56. The molecule has 1 aliphatic rings. The maximum Gasteiger partial charge on any atom is 0.119 e. The normalized spacial score (nSPS) is 16.8. The van der Waals surface area contributed by atoms with Gasteiger partial charge in [-0.15, -0.1) is 0 Å². The fraction of sp³-hybridized carbons (Fsp3) is 0.400. The Balaban J connectivity index is 1.82. The van der Waals surface area contributed by atoms with E-state index in [2.05, 4.69) is 29.6 Å². The van der Waals surface area contributed by atoms with Gasteiger partial charge in [0.25, 0.3) is 0 Å². The first-order chi connectivity index (χ1) is 11.3. The zero-order valence-electron chi connectivity index (χ0n) is 13.6. The molecule has 1 unspecified atom stereocenters. The number of halogens is 1. The standard InChI is InChI=1S/C20H24ClNO/c1-23-19-13-11-18(12-14-19)22-20(15-5-3-2-4-6-15)16-7-9-17(21)10-8-16/h7-15,20,22H,2-6H2,1H3. The average Bonchev–Trinajstić information content (AvgIpc) is 2.62. The number of anilines is 1. The van der Waals surface area contributed by atoms with Gasteiger partial charge >= 0.3 is 0 Å². The fourth-order valence-electron chi connectivity index (χ4n) is 3.48. The van der Waals surface area contributed by atoms with Gasteiger partial charge in [-0.05, 0) is 60.7 Å². The van der Waals surface area contributed by atoms with E-state index in [1.807, 2.05) is 24.3 Å². The first-order valence-corrected chi connectivity index (χ1v) is 8.80. The summed E-state index contributed by atoms with van der Waals surface area (Å²) in [4.78, 5) is 0. The largest absolute Gasteiger partial charge is 0.497 e. The third kappa shape index (κ3) is 4.20. The van der Waals surface area contributed by atoms with Crippen molar-refractivity contribution in [1.82, 2.24) is 0 Å². The molecule has 1 atom stereocenters. The van der Waals surface area contributed by atoms with Gasteiger partial charge in [0.1, 0.15) is 5.75 Å². The molecular weight excluding hydrogens is 306 g/mol. The molecule has 0 bridgehead atoms. The monoisotopic (exact) mass is 329 g/mol. The van der Waals surface area contributed by atoms with Gasteiger partial charge < -0.3 is 10.1 Å². The minimum atomic E-state index is 0.334. The Morgan fingerprint density at radius 3 is 2.22 bits per heavy atom. The number of hydrogen-bond donors (Lipinski definition) is 1. The maximum atomic E-state index is 6.06. The van der Waals surface area contributed by atoms with Gasteiger partial charge in [0, 0.05) is 10.7 Å². The second-order valence-corrected chi connectivity index (χ2v) is 6.74. The van der Waals surface area contributed by atoms with Crippen molar-refractivity contribution in [3.05, 3.63) is 59.1 Å². The second kappa shape index (κ2) is 7.74. The summed E-state index contributed by atoms with van der Waals surface area (Å²) in [5, 5.41) is 4.53. The van der Waals surface area contributed by atoms with Crippen LogP contribution in [0.4, 0.5) is 5.69 Å². The molecule has 3 rings (SSSR count). The lowest BCUT2D eigenvalue weighted by atomic mass is 9.81. The number of nitrogens with one attached hydrogen (secondary N) is 1. The smallest absolute Gasteiger partial charge is 0.119 e. The van der Waals surface area contributed by atoms with E-state index < -0.39 is 0 Å². The van der Waals surface area contributed by atoms with Gasteiger partial charge in [-0.25, -0.2) is 0 Å². The molecule has 0 amide bonds. The molecule has 0 spiro atoms. The van der Waals surface area contributed by atoms with Crippen LogP contribution in [0.1, 0.15) is 43.7 Å². The van der Waals surface area contributed by atoms with Gasteiger partial charge in [0.05, 0.1) is 13.2 Å². The van der Waals surface area contributed by atoms with E-state index in [9.17, 15) is 0 Å². The molecule has 0 saturated heterocycles. The molecule has 122 valence electrons. The zero-order valence-corrected chi connectivity index (χ0v) is 14.4. The Bertz CT molecular complexity index is 603. The Kier molecular flexibility index (Phi) is 5.45. The molecule has 2 aromatic rings. The van der Waals surface area contributed by atoms with E-state index in [1.165, 1.54) is 37.7 Å². The van der Waals surface area contributed by atoms with E-state index in [-0.39, 0.29) is 0 Å². The van der Waals surface area contributed by atoms with Crippen LogP contribution in [0.5, 0.6) is 5.75 Å². The summed E-state index contributed by atoms with van der Waals surface area (Å²) >= 11 is 6.06. The summed E-state index contributed by atoms with van der Waals surface area (Å²) in [6.45, 7) is 0. The van der Waals surface area contributed by atoms with E-state index in [1.54, 1.807) is 7.11 Å². The molecule has 23 heavy (non-hydrogen) atoms. The molecule has 0 aromatic heterocycles. The number of hydrogen-bond acceptors (Lipinski definition) is 2. The van der Waals surface area contributed by atoms with Crippen LogP contribution in [0, 0.1) is 5.92 Å². The molecule has 3 heteroatoms. The fourth-order valence-corrected chi connectivity index (χ4v) is 3.60. The predicted molar refractivity (Wildman–Crippen MR) is 97.4 cm³/mol. The van der Waals surface area contributed by atoms with E-state index in [4.69, 9.17) is 16.3 Å². The van der Waals surface area contributed by atoms with Crippen molar-refractivity contribution in [2.75, 3.05) is 12.4 Å². The quantitative estimate of drug-likeness (QED) is 0.717. The van der Waals surface area contributed by atoms with E-state index in [0.717, 1.165) is 16.5 Å². The molecule has 1 aliphatic carbocycles. The van der Waals surface area contributed by atoms with Crippen LogP contribution in [-0.4, -0.2) is 7.11 Å². The van der Waals surface area contributed by atoms with Crippen molar-refractivity contribution in [2.45, 2.75) is 38.1 Å². The molecule has 2 nitrogen and oxygen atoms in total. The number of benzene rings is 2.